The predicted molar refractivity (Wildman–Crippen MR) is 150 cm³/mol. The van der Waals surface area contributed by atoms with Crippen LogP contribution in [0.2, 0.25) is 0 Å². The number of ether oxygens (including phenoxy) is 3. The topological polar surface area (TPSA) is 73.9 Å². The molecule has 3 atom stereocenters. The first-order chi connectivity index (χ1) is 17.9. The van der Waals surface area contributed by atoms with E-state index in [1.165, 1.54) is 0 Å². The van der Waals surface area contributed by atoms with E-state index in [1.54, 1.807) is 26.0 Å². The quantitative estimate of drug-likeness (QED) is 0.286. The highest BCUT2D eigenvalue weighted by atomic mass is 79.9. The van der Waals surface area contributed by atoms with E-state index in [2.05, 4.69) is 34.2 Å². The van der Waals surface area contributed by atoms with Crippen LogP contribution in [-0.2, 0) is 14.3 Å². The van der Waals surface area contributed by atoms with Crippen LogP contribution in [0.3, 0.4) is 0 Å². The maximum Gasteiger partial charge on any atom is 0.336 e. The number of para-hydroxylation sites is 1. The smallest absolute Gasteiger partial charge is 0.336 e. The molecule has 0 saturated heterocycles. The maximum absolute atomic E-state index is 13.8. The van der Waals surface area contributed by atoms with Gasteiger partial charge in [-0.3, -0.25) is 4.79 Å². The first kappa shape index (κ1) is 27.3. The molecule has 0 bridgehead atoms. The summed E-state index contributed by atoms with van der Waals surface area (Å²) in [6, 6.07) is 13.5. The summed E-state index contributed by atoms with van der Waals surface area (Å²) in [5.74, 6) is 1.67. The van der Waals surface area contributed by atoms with Crippen molar-refractivity contribution in [2.75, 3.05) is 32.3 Å². The minimum atomic E-state index is -0.525. The molecule has 0 saturated carbocycles. The average Bonchev–Trinajstić information content (AvgIpc) is 2.90. The summed E-state index contributed by atoms with van der Waals surface area (Å²) in [6.07, 6.45) is 2.43. The number of benzene rings is 2. The second-order valence-electron chi connectivity index (χ2n) is 8.99. The Morgan fingerprint density at radius 3 is 2.57 bits per heavy atom. The number of rotatable bonds is 9. The Bertz CT molecular complexity index is 1240. The van der Waals surface area contributed by atoms with E-state index in [9.17, 15) is 9.59 Å². The Balaban J connectivity index is 1.78. The molecular formula is C29H32BrNO5S. The number of halogens is 1. The lowest BCUT2D eigenvalue weighted by Gasteiger charge is -2.39. The molecule has 1 aliphatic heterocycles. The molecule has 1 N–H and O–H groups in total. The SMILES string of the molecule is CCSCCOC(=O)C1=C(C)NC2=CC(c3ccccc3OC)CC(=O)C2C1c1ccc(OC)c(Br)c1. The van der Waals surface area contributed by atoms with E-state index in [0.717, 1.165) is 38.6 Å². The van der Waals surface area contributed by atoms with Gasteiger partial charge in [0.2, 0.25) is 0 Å². The minimum Gasteiger partial charge on any atom is -0.496 e. The van der Waals surface area contributed by atoms with Crippen molar-refractivity contribution in [3.8, 4) is 11.5 Å². The molecule has 2 aliphatic rings. The lowest BCUT2D eigenvalue weighted by Crippen LogP contribution is -2.42. The van der Waals surface area contributed by atoms with Gasteiger partial charge in [0.15, 0.2) is 0 Å². The summed E-state index contributed by atoms with van der Waals surface area (Å²) >= 11 is 5.29. The molecule has 1 aliphatic carbocycles. The minimum absolute atomic E-state index is 0.0668. The molecule has 196 valence electrons. The highest BCUT2D eigenvalue weighted by molar-refractivity contribution is 9.10. The molecule has 8 heteroatoms. The van der Waals surface area contributed by atoms with Gasteiger partial charge in [-0.1, -0.05) is 37.3 Å². The lowest BCUT2D eigenvalue weighted by atomic mass is 9.68. The number of Topliss-reactive ketones (excluding diaryl/α,β-unsaturated/α-hetero) is 1. The van der Waals surface area contributed by atoms with Crippen LogP contribution >= 0.6 is 27.7 Å². The fourth-order valence-corrected chi connectivity index (χ4v) is 6.22. The number of ketones is 1. The van der Waals surface area contributed by atoms with E-state index >= 15 is 0 Å². The summed E-state index contributed by atoms with van der Waals surface area (Å²) in [7, 11) is 3.24. The summed E-state index contributed by atoms with van der Waals surface area (Å²) in [5.41, 5.74) is 3.81. The van der Waals surface area contributed by atoms with E-state index < -0.39 is 17.8 Å². The van der Waals surface area contributed by atoms with Gasteiger partial charge in [-0.05, 0) is 52.4 Å². The molecule has 2 aromatic carbocycles. The Labute approximate surface area is 231 Å². The van der Waals surface area contributed by atoms with Gasteiger partial charge in [-0.15, -0.1) is 0 Å². The molecular weight excluding hydrogens is 554 g/mol. The average molecular weight is 587 g/mol. The van der Waals surface area contributed by atoms with Gasteiger partial charge in [0.25, 0.3) is 0 Å². The zero-order chi connectivity index (χ0) is 26.5. The van der Waals surface area contributed by atoms with E-state index in [1.807, 2.05) is 49.4 Å². The van der Waals surface area contributed by atoms with Crippen molar-refractivity contribution >= 4 is 39.4 Å². The number of hydrogen-bond donors (Lipinski definition) is 1. The second-order valence-corrected chi connectivity index (χ2v) is 11.2. The van der Waals surface area contributed by atoms with Crippen molar-refractivity contribution in [2.45, 2.75) is 32.1 Å². The number of methoxy groups -OCH3 is 2. The van der Waals surface area contributed by atoms with Gasteiger partial charge < -0.3 is 19.5 Å². The Morgan fingerprint density at radius 1 is 1.11 bits per heavy atom. The predicted octanol–water partition coefficient (Wildman–Crippen LogP) is 5.98. The molecule has 0 amide bonds. The molecule has 0 fully saturated rings. The Morgan fingerprint density at radius 2 is 1.86 bits per heavy atom. The maximum atomic E-state index is 13.8. The van der Waals surface area contributed by atoms with Crippen LogP contribution in [0.5, 0.6) is 11.5 Å². The van der Waals surface area contributed by atoms with Crippen LogP contribution in [0.1, 0.15) is 43.2 Å². The van der Waals surface area contributed by atoms with Gasteiger partial charge in [-0.2, -0.15) is 11.8 Å². The third kappa shape index (κ3) is 5.75. The summed E-state index contributed by atoms with van der Waals surface area (Å²) in [4.78, 5) is 27.2. The van der Waals surface area contributed by atoms with Crippen LogP contribution in [0.15, 0.2) is 70.0 Å². The van der Waals surface area contributed by atoms with Crippen LogP contribution in [0, 0.1) is 5.92 Å². The standard InChI is InChI=1S/C29H32BrNO5S/c1-5-37-13-12-36-29(33)26-17(2)31-22-15-19(20-8-6-7-9-24(20)34-3)16-23(32)28(22)27(26)18-10-11-25(35-4)21(30)14-18/h6-11,14-15,19,27-28,31H,5,12-13,16H2,1-4H3. The molecule has 3 unspecified atom stereocenters. The number of thioether (sulfide) groups is 1. The third-order valence-corrected chi connectivity index (χ3v) is 8.31. The van der Waals surface area contributed by atoms with Crippen molar-refractivity contribution in [2.24, 2.45) is 5.92 Å². The number of nitrogens with one attached hydrogen (secondary N) is 1. The summed E-state index contributed by atoms with van der Waals surface area (Å²) in [5, 5.41) is 3.39. The van der Waals surface area contributed by atoms with Crippen LogP contribution in [0.25, 0.3) is 0 Å². The van der Waals surface area contributed by atoms with Crippen molar-refractivity contribution < 1.29 is 23.8 Å². The van der Waals surface area contributed by atoms with E-state index in [4.69, 9.17) is 14.2 Å². The van der Waals surface area contributed by atoms with Crippen molar-refractivity contribution in [1.29, 1.82) is 0 Å². The number of carbonyl (C=O) groups excluding carboxylic acids is 2. The van der Waals surface area contributed by atoms with Gasteiger partial charge in [0.05, 0.1) is 30.2 Å². The first-order valence-corrected chi connectivity index (χ1v) is 14.3. The Hall–Kier alpha value is -2.71. The largest absolute Gasteiger partial charge is 0.496 e. The monoisotopic (exact) mass is 585 g/mol. The first-order valence-electron chi connectivity index (χ1n) is 12.3. The fourth-order valence-electron chi connectivity index (χ4n) is 5.17. The van der Waals surface area contributed by atoms with E-state index in [-0.39, 0.29) is 11.7 Å². The molecule has 2 aromatic rings. The van der Waals surface area contributed by atoms with Crippen molar-refractivity contribution in [3.05, 3.63) is 81.1 Å². The molecule has 37 heavy (non-hydrogen) atoms. The van der Waals surface area contributed by atoms with Crippen LogP contribution in [-0.4, -0.2) is 44.1 Å². The van der Waals surface area contributed by atoms with Crippen molar-refractivity contribution in [3.63, 3.8) is 0 Å². The number of fused-ring (bicyclic) bond motifs is 1. The van der Waals surface area contributed by atoms with Gasteiger partial charge in [0, 0.05) is 41.0 Å². The number of carbonyl (C=O) groups is 2. The molecule has 0 radical (unpaired) electrons. The summed E-state index contributed by atoms with van der Waals surface area (Å²) in [6.45, 7) is 4.27. The fraction of sp³-hybridized carbons (Fsp3) is 0.379. The highest BCUT2D eigenvalue weighted by Gasteiger charge is 2.45. The number of hydrogen-bond acceptors (Lipinski definition) is 7. The highest BCUT2D eigenvalue weighted by Crippen LogP contribution is 2.48. The number of allylic oxidation sites excluding steroid dienone is 3. The lowest BCUT2D eigenvalue weighted by molar-refractivity contribution is -0.139. The van der Waals surface area contributed by atoms with Gasteiger partial charge in [-0.25, -0.2) is 4.79 Å². The van der Waals surface area contributed by atoms with Gasteiger partial charge in [0.1, 0.15) is 23.9 Å². The van der Waals surface area contributed by atoms with Crippen LogP contribution < -0.4 is 14.8 Å². The summed E-state index contributed by atoms with van der Waals surface area (Å²) < 4.78 is 17.4. The third-order valence-electron chi connectivity index (χ3n) is 6.82. The number of esters is 1. The van der Waals surface area contributed by atoms with Crippen molar-refractivity contribution in [1.82, 2.24) is 5.32 Å². The zero-order valence-corrected chi connectivity index (χ0v) is 23.9. The molecule has 1 heterocycles. The molecule has 0 spiro atoms. The van der Waals surface area contributed by atoms with Gasteiger partial charge >= 0.3 is 5.97 Å². The normalized spacial score (nSPS) is 21.1. The molecule has 4 rings (SSSR count). The molecule has 6 nitrogen and oxygen atoms in total. The second kappa shape index (κ2) is 12.2. The van der Waals surface area contributed by atoms with Crippen LogP contribution in [0.4, 0.5) is 0 Å². The van der Waals surface area contributed by atoms with E-state index in [0.29, 0.717) is 30.0 Å². The Kier molecular flexibility index (Phi) is 9.03. The zero-order valence-electron chi connectivity index (χ0n) is 21.5. The molecule has 0 aromatic heterocycles.